The largest absolute Gasteiger partial charge is 0.480 e. The van der Waals surface area contributed by atoms with Crippen molar-refractivity contribution >= 4 is 16.0 Å². The minimum atomic E-state index is -3.58. The van der Waals surface area contributed by atoms with Crippen molar-refractivity contribution in [3.8, 4) is 0 Å². The molecule has 1 aliphatic rings. The molecule has 7 nitrogen and oxygen atoms in total. The number of nitrogens with zero attached hydrogens (tertiary/aromatic N) is 2. The third-order valence-corrected chi connectivity index (χ3v) is 6.60. The predicted octanol–water partition coefficient (Wildman–Crippen LogP) is 1.61. The molecule has 0 spiro atoms. The normalized spacial score (nSPS) is 20.2. The summed E-state index contributed by atoms with van der Waals surface area (Å²) in [4.78, 5) is 12.7. The van der Waals surface area contributed by atoms with E-state index in [1.54, 1.807) is 24.1 Å². The monoisotopic (exact) mass is 384 g/mol. The second kappa shape index (κ2) is 8.94. The van der Waals surface area contributed by atoms with Gasteiger partial charge >= 0.3 is 5.97 Å². The van der Waals surface area contributed by atoms with Gasteiger partial charge in [-0.3, -0.25) is 9.69 Å². The topological polar surface area (TPSA) is 87.2 Å². The van der Waals surface area contributed by atoms with Gasteiger partial charge in [-0.1, -0.05) is 26.0 Å². The Morgan fingerprint density at radius 1 is 1.38 bits per heavy atom. The highest BCUT2D eigenvalue weighted by atomic mass is 32.2. The van der Waals surface area contributed by atoms with E-state index in [-0.39, 0.29) is 24.1 Å². The van der Waals surface area contributed by atoms with Crippen LogP contribution in [0.15, 0.2) is 29.2 Å². The first-order valence-corrected chi connectivity index (χ1v) is 10.3. The van der Waals surface area contributed by atoms with E-state index < -0.39 is 16.0 Å². The summed E-state index contributed by atoms with van der Waals surface area (Å²) in [6.07, 6.45) is 0.656. The Morgan fingerprint density at radius 3 is 2.62 bits per heavy atom. The van der Waals surface area contributed by atoms with Crippen LogP contribution < -0.4 is 0 Å². The van der Waals surface area contributed by atoms with Gasteiger partial charge in [-0.15, -0.1) is 0 Å². The first-order valence-electron chi connectivity index (χ1n) is 8.86. The summed E-state index contributed by atoms with van der Waals surface area (Å²) in [5, 5.41) is 8.83. The Hall–Kier alpha value is -1.48. The molecule has 8 heteroatoms. The highest BCUT2D eigenvalue weighted by Crippen LogP contribution is 2.23. The van der Waals surface area contributed by atoms with Crippen molar-refractivity contribution in [1.29, 1.82) is 0 Å². The maximum Gasteiger partial charge on any atom is 0.317 e. The maximum atomic E-state index is 12.9. The van der Waals surface area contributed by atoms with Gasteiger partial charge in [-0.05, 0) is 37.1 Å². The molecule has 26 heavy (non-hydrogen) atoms. The molecule has 0 bridgehead atoms. The molecule has 0 aromatic heterocycles. The molecule has 1 saturated heterocycles. The van der Waals surface area contributed by atoms with Gasteiger partial charge in [0.2, 0.25) is 10.0 Å². The molecule has 0 amide bonds. The highest BCUT2D eigenvalue weighted by molar-refractivity contribution is 7.89. The molecule has 1 N–H and O–H groups in total. The fraction of sp³-hybridized carbons (Fsp3) is 0.611. The molecule has 0 saturated carbocycles. The van der Waals surface area contributed by atoms with Crippen LogP contribution in [0.25, 0.3) is 0 Å². The zero-order valence-corrected chi connectivity index (χ0v) is 16.4. The van der Waals surface area contributed by atoms with E-state index in [1.807, 2.05) is 12.1 Å². The van der Waals surface area contributed by atoms with Gasteiger partial charge in [0.1, 0.15) is 0 Å². The standard InChI is InChI=1S/C18H28N2O5S/c1-4-14(2)15-5-7-17(8-6-15)26(23,24)20-9-10-25-16(12-20)11-19(3)13-18(21)22/h5-8,14,16H,4,9-13H2,1-3H3,(H,21,22). The summed E-state index contributed by atoms with van der Waals surface area (Å²) in [5.41, 5.74) is 1.13. The lowest BCUT2D eigenvalue weighted by Gasteiger charge is -2.33. The number of ether oxygens (including phenoxy) is 1. The van der Waals surface area contributed by atoms with Crippen molar-refractivity contribution < 1.29 is 23.1 Å². The number of carboxylic acids is 1. The van der Waals surface area contributed by atoms with Crippen LogP contribution in [0.1, 0.15) is 31.7 Å². The van der Waals surface area contributed by atoms with Gasteiger partial charge in [-0.2, -0.15) is 4.31 Å². The van der Waals surface area contributed by atoms with E-state index in [0.717, 1.165) is 12.0 Å². The summed E-state index contributed by atoms with van der Waals surface area (Å²) >= 11 is 0. The molecule has 1 heterocycles. The summed E-state index contributed by atoms with van der Waals surface area (Å²) in [6, 6.07) is 7.08. The lowest BCUT2D eigenvalue weighted by molar-refractivity contribution is -0.138. The molecule has 1 aromatic rings. The summed E-state index contributed by atoms with van der Waals surface area (Å²) in [7, 11) is -1.91. The van der Waals surface area contributed by atoms with Crippen molar-refractivity contribution in [3.63, 3.8) is 0 Å². The number of carboxylic acid groups (broad SMARTS) is 1. The Morgan fingerprint density at radius 2 is 2.04 bits per heavy atom. The van der Waals surface area contributed by atoms with Gasteiger partial charge in [0.05, 0.1) is 24.2 Å². The molecule has 2 unspecified atom stereocenters. The van der Waals surface area contributed by atoms with Crippen LogP contribution >= 0.6 is 0 Å². The first kappa shape index (κ1) is 20.8. The van der Waals surface area contributed by atoms with Crippen LogP contribution in [0.4, 0.5) is 0 Å². The van der Waals surface area contributed by atoms with Crippen LogP contribution in [0.5, 0.6) is 0 Å². The van der Waals surface area contributed by atoms with Crippen molar-refractivity contribution in [1.82, 2.24) is 9.21 Å². The van der Waals surface area contributed by atoms with Crippen molar-refractivity contribution in [3.05, 3.63) is 29.8 Å². The molecule has 0 radical (unpaired) electrons. The van der Waals surface area contributed by atoms with E-state index in [0.29, 0.717) is 25.6 Å². The van der Waals surface area contributed by atoms with E-state index in [4.69, 9.17) is 9.84 Å². The first-order chi connectivity index (χ1) is 12.2. The average molecular weight is 384 g/mol. The smallest absolute Gasteiger partial charge is 0.317 e. The quantitative estimate of drug-likeness (QED) is 0.733. The van der Waals surface area contributed by atoms with Crippen LogP contribution in [-0.2, 0) is 19.6 Å². The van der Waals surface area contributed by atoms with Crippen molar-refractivity contribution in [2.24, 2.45) is 0 Å². The van der Waals surface area contributed by atoms with E-state index in [2.05, 4.69) is 13.8 Å². The molecule has 0 aliphatic carbocycles. The molecule has 1 aliphatic heterocycles. The fourth-order valence-electron chi connectivity index (χ4n) is 3.02. The SMILES string of the molecule is CCC(C)c1ccc(S(=O)(=O)N2CCOC(CN(C)CC(=O)O)C2)cc1. The molecule has 2 rings (SSSR count). The average Bonchev–Trinajstić information content (AvgIpc) is 2.60. The molecule has 1 aromatic carbocycles. The number of likely N-dealkylation sites (N-methyl/N-ethyl adjacent to an activating group) is 1. The Kier molecular flexibility index (Phi) is 7.16. The van der Waals surface area contributed by atoms with Gasteiger partial charge in [-0.25, -0.2) is 8.42 Å². The number of morpholine rings is 1. The molecule has 1 fully saturated rings. The van der Waals surface area contributed by atoms with Gasteiger partial charge < -0.3 is 9.84 Å². The summed E-state index contributed by atoms with van der Waals surface area (Å²) in [6.45, 7) is 5.30. The maximum absolute atomic E-state index is 12.9. The van der Waals surface area contributed by atoms with E-state index >= 15 is 0 Å². The minimum Gasteiger partial charge on any atom is -0.480 e. The zero-order valence-electron chi connectivity index (χ0n) is 15.6. The van der Waals surface area contributed by atoms with Crippen molar-refractivity contribution in [2.75, 3.05) is 39.8 Å². The Labute approximate surface area is 155 Å². The number of carbonyl (C=O) groups is 1. The molecular weight excluding hydrogens is 356 g/mol. The van der Waals surface area contributed by atoms with Gasteiger partial charge in [0.15, 0.2) is 0 Å². The van der Waals surface area contributed by atoms with Crippen LogP contribution in [0, 0.1) is 0 Å². The van der Waals surface area contributed by atoms with Crippen LogP contribution in [-0.4, -0.2) is 74.6 Å². The van der Waals surface area contributed by atoms with Gasteiger partial charge in [0.25, 0.3) is 0 Å². The number of sulfonamides is 1. The lowest BCUT2D eigenvalue weighted by atomic mass is 9.99. The summed E-state index contributed by atoms with van der Waals surface area (Å²) in [5.74, 6) is -0.529. The minimum absolute atomic E-state index is 0.107. The number of aliphatic carboxylic acids is 1. The second-order valence-corrected chi connectivity index (χ2v) is 8.76. The number of hydrogen-bond acceptors (Lipinski definition) is 5. The molecule has 146 valence electrons. The summed E-state index contributed by atoms with van der Waals surface area (Å²) < 4.78 is 32.9. The molecule has 2 atom stereocenters. The van der Waals surface area contributed by atoms with E-state index in [1.165, 1.54) is 4.31 Å². The van der Waals surface area contributed by atoms with Crippen LogP contribution in [0.2, 0.25) is 0 Å². The zero-order chi connectivity index (χ0) is 19.3. The predicted molar refractivity (Wildman–Crippen MR) is 98.8 cm³/mol. The number of benzene rings is 1. The Balaban J connectivity index is 2.07. The van der Waals surface area contributed by atoms with Gasteiger partial charge in [0, 0.05) is 19.6 Å². The van der Waals surface area contributed by atoms with Crippen LogP contribution in [0.3, 0.4) is 0 Å². The lowest BCUT2D eigenvalue weighted by Crippen LogP contribution is -2.49. The highest BCUT2D eigenvalue weighted by Gasteiger charge is 2.31. The Bertz CT molecular complexity index is 705. The van der Waals surface area contributed by atoms with Crippen molar-refractivity contribution in [2.45, 2.75) is 37.2 Å². The molecular formula is C18H28N2O5S. The van der Waals surface area contributed by atoms with E-state index in [9.17, 15) is 13.2 Å². The third kappa shape index (κ3) is 5.26. The number of rotatable bonds is 8. The fourth-order valence-corrected chi connectivity index (χ4v) is 4.47. The third-order valence-electron chi connectivity index (χ3n) is 4.72. The second-order valence-electron chi connectivity index (χ2n) is 6.82. The number of hydrogen-bond donors (Lipinski definition) is 1.